The molecule has 13 heavy (non-hydrogen) atoms. The number of hydrogen-bond donors (Lipinski definition) is 1. The third kappa shape index (κ3) is 1.93. The molecule has 0 aliphatic heterocycles. The molecule has 1 aromatic carbocycles. The molecule has 70 valence electrons. The molecule has 1 N–H and O–H groups in total. The summed E-state index contributed by atoms with van der Waals surface area (Å²) >= 11 is 5.48. The van der Waals surface area contributed by atoms with Crippen LogP contribution in [-0.2, 0) is 6.61 Å². The van der Waals surface area contributed by atoms with Crippen LogP contribution in [0.25, 0.3) is 0 Å². The molecule has 0 fully saturated rings. The molecule has 1 rings (SSSR count). The average molecular weight is 206 g/mol. The Morgan fingerprint density at radius 3 is 2.69 bits per heavy atom. The van der Waals surface area contributed by atoms with Crippen LogP contribution in [0.5, 0.6) is 0 Å². The number of benzene rings is 1. The van der Waals surface area contributed by atoms with Gasteiger partial charge >= 0.3 is 5.69 Å². The Hall–Kier alpha value is -1.20. The number of nitrogens with zero attached hydrogens (tertiary/aromatic N) is 1. The first-order chi connectivity index (χ1) is 6.06. The first-order valence-corrected chi connectivity index (χ1v) is 3.67. The molecule has 0 radical (unpaired) electrons. The van der Waals surface area contributed by atoms with E-state index in [-0.39, 0.29) is 10.6 Å². The van der Waals surface area contributed by atoms with Crippen LogP contribution in [0.2, 0.25) is 5.02 Å². The molecule has 0 bridgehead atoms. The highest BCUT2D eigenvalue weighted by molar-refractivity contribution is 6.31. The largest absolute Gasteiger partial charge is 0.392 e. The zero-order valence-corrected chi connectivity index (χ0v) is 7.08. The Balaban J connectivity index is 3.30. The van der Waals surface area contributed by atoms with Crippen molar-refractivity contribution in [3.8, 4) is 0 Å². The van der Waals surface area contributed by atoms with Gasteiger partial charge in [0.25, 0.3) is 0 Å². The minimum absolute atomic E-state index is 0.0226. The molecule has 0 amide bonds. The number of aliphatic hydroxyl groups excluding tert-OH is 1. The van der Waals surface area contributed by atoms with Crippen molar-refractivity contribution < 1.29 is 14.4 Å². The Morgan fingerprint density at radius 2 is 2.23 bits per heavy atom. The van der Waals surface area contributed by atoms with E-state index in [0.29, 0.717) is 0 Å². The van der Waals surface area contributed by atoms with Gasteiger partial charge in [0, 0.05) is 16.7 Å². The zero-order chi connectivity index (χ0) is 10.0. The molecule has 0 unspecified atom stereocenters. The normalized spacial score (nSPS) is 10.1. The molecule has 4 nitrogen and oxygen atoms in total. The van der Waals surface area contributed by atoms with Gasteiger partial charge in [0.15, 0.2) is 0 Å². The van der Waals surface area contributed by atoms with Crippen LogP contribution in [0.3, 0.4) is 0 Å². The molecule has 0 aliphatic carbocycles. The van der Waals surface area contributed by atoms with Crippen molar-refractivity contribution in [2.75, 3.05) is 0 Å². The van der Waals surface area contributed by atoms with Crippen LogP contribution >= 0.6 is 11.6 Å². The molecule has 0 spiro atoms. The summed E-state index contributed by atoms with van der Waals surface area (Å²) < 4.78 is 12.8. The number of hydrogen-bond acceptors (Lipinski definition) is 3. The molecule has 0 saturated heterocycles. The lowest BCUT2D eigenvalue weighted by molar-refractivity contribution is -0.387. The quantitative estimate of drug-likeness (QED) is 0.592. The Kier molecular flexibility index (Phi) is 2.79. The van der Waals surface area contributed by atoms with Gasteiger partial charge in [0.2, 0.25) is 5.82 Å². The molecular formula is C7H5ClFNO3. The molecule has 0 aliphatic rings. The molecule has 6 heteroatoms. The molecule has 0 atom stereocenters. The lowest BCUT2D eigenvalue weighted by Gasteiger charge is -2.00. The summed E-state index contributed by atoms with van der Waals surface area (Å²) in [5.74, 6) is -1.01. The summed E-state index contributed by atoms with van der Waals surface area (Å²) in [6.07, 6.45) is 0. The number of rotatable bonds is 2. The maximum Gasteiger partial charge on any atom is 0.305 e. The fourth-order valence-corrected chi connectivity index (χ4v) is 1.05. The summed E-state index contributed by atoms with van der Waals surface area (Å²) in [5, 5.41) is 18.9. The highest BCUT2D eigenvalue weighted by Crippen LogP contribution is 2.25. The van der Waals surface area contributed by atoms with Crippen molar-refractivity contribution in [2.45, 2.75) is 6.61 Å². The smallest absolute Gasteiger partial charge is 0.305 e. The summed E-state index contributed by atoms with van der Waals surface area (Å²) in [6, 6.07) is 1.73. The van der Waals surface area contributed by atoms with Crippen LogP contribution in [0.15, 0.2) is 12.1 Å². The van der Waals surface area contributed by atoms with Gasteiger partial charge < -0.3 is 5.11 Å². The van der Waals surface area contributed by atoms with Gasteiger partial charge in [0.05, 0.1) is 11.5 Å². The van der Waals surface area contributed by atoms with Gasteiger partial charge in [-0.15, -0.1) is 0 Å². The van der Waals surface area contributed by atoms with Crippen molar-refractivity contribution in [1.82, 2.24) is 0 Å². The zero-order valence-electron chi connectivity index (χ0n) is 6.33. The van der Waals surface area contributed by atoms with E-state index in [9.17, 15) is 14.5 Å². The second kappa shape index (κ2) is 3.68. The average Bonchev–Trinajstić information content (AvgIpc) is 2.03. The lowest BCUT2D eigenvalue weighted by atomic mass is 10.2. The lowest BCUT2D eigenvalue weighted by Crippen LogP contribution is -1.95. The van der Waals surface area contributed by atoms with E-state index in [4.69, 9.17) is 16.7 Å². The fourth-order valence-electron chi connectivity index (χ4n) is 0.842. The first kappa shape index (κ1) is 9.88. The van der Waals surface area contributed by atoms with Crippen molar-refractivity contribution in [3.63, 3.8) is 0 Å². The number of nitro groups is 1. The second-order valence-corrected chi connectivity index (χ2v) is 2.72. The van der Waals surface area contributed by atoms with E-state index in [1.165, 1.54) is 0 Å². The highest BCUT2D eigenvalue weighted by atomic mass is 35.5. The number of halogens is 2. The van der Waals surface area contributed by atoms with Gasteiger partial charge in [-0.1, -0.05) is 11.6 Å². The number of nitro benzene ring substituents is 1. The van der Waals surface area contributed by atoms with E-state index in [1.54, 1.807) is 0 Å². The summed E-state index contributed by atoms with van der Waals surface area (Å²) in [5.41, 5.74) is -0.553. The van der Waals surface area contributed by atoms with E-state index < -0.39 is 23.0 Å². The standard InChI is InChI=1S/C7H5ClFNO3/c8-5-2-6(9)7(10(12)13)1-4(5)3-11/h1-2,11H,3H2. The SMILES string of the molecule is O=[N+]([O-])c1cc(CO)c(Cl)cc1F. The monoisotopic (exact) mass is 205 g/mol. The van der Waals surface area contributed by atoms with Gasteiger partial charge in [0.1, 0.15) is 0 Å². The Bertz CT molecular complexity index is 356. The second-order valence-electron chi connectivity index (χ2n) is 2.31. The molecule has 0 heterocycles. The van der Waals surface area contributed by atoms with Crippen molar-refractivity contribution in [3.05, 3.63) is 38.7 Å². The van der Waals surface area contributed by atoms with E-state index >= 15 is 0 Å². The third-order valence-electron chi connectivity index (χ3n) is 1.48. The van der Waals surface area contributed by atoms with Gasteiger partial charge in [-0.05, 0) is 6.07 Å². The van der Waals surface area contributed by atoms with E-state index in [2.05, 4.69) is 0 Å². The predicted octanol–water partition coefficient (Wildman–Crippen LogP) is 1.88. The molecule has 0 aromatic heterocycles. The van der Waals surface area contributed by atoms with E-state index in [1.807, 2.05) is 0 Å². The Morgan fingerprint density at radius 1 is 1.62 bits per heavy atom. The first-order valence-electron chi connectivity index (χ1n) is 3.29. The van der Waals surface area contributed by atoms with E-state index in [0.717, 1.165) is 12.1 Å². The molecule has 0 saturated carbocycles. The summed E-state index contributed by atoms with van der Waals surface area (Å²) in [7, 11) is 0. The van der Waals surface area contributed by atoms with Crippen LogP contribution < -0.4 is 0 Å². The maximum atomic E-state index is 12.8. The minimum atomic E-state index is -1.01. The predicted molar refractivity (Wildman–Crippen MR) is 44.0 cm³/mol. The topological polar surface area (TPSA) is 63.4 Å². The summed E-state index contributed by atoms with van der Waals surface area (Å²) in [4.78, 5) is 9.37. The molecular weight excluding hydrogens is 201 g/mol. The van der Waals surface area contributed by atoms with Crippen LogP contribution in [0.1, 0.15) is 5.56 Å². The maximum absolute atomic E-state index is 12.8. The fraction of sp³-hybridized carbons (Fsp3) is 0.143. The number of aliphatic hydroxyl groups is 1. The van der Waals surface area contributed by atoms with Crippen molar-refractivity contribution in [2.24, 2.45) is 0 Å². The van der Waals surface area contributed by atoms with Gasteiger partial charge in [-0.25, -0.2) is 0 Å². The van der Waals surface area contributed by atoms with Gasteiger partial charge in [-0.3, -0.25) is 10.1 Å². The van der Waals surface area contributed by atoms with Crippen molar-refractivity contribution in [1.29, 1.82) is 0 Å². The van der Waals surface area contributed by atoms with Crippen LogP contribution in [0.4, 0.5) is 10.1 Å². The minimum Gasteiger partial charge on any atom is -0.392 e. The third-order valence-corrected chi connectivity index (χ3v) is 1.83. The highest BCUT2D eigenvalue weighted by Gasteiger charge is 2.16. The van der Waals surface area contributed by atoms with Crippen LogP contribution in [-0.4, -0.2) is 10.0 Å². The van der Waals surface area contributed by atoms with Gasteiger partial charge in [-0.2, -0.15) is 4.39 Å². The Labute approximate surface area is 77.7 Å². The van der Waals surface area contributed by atoms with Crippen LogP contribution in [0, 0.1) is 15.9 Å². The molecule has 1 aromatic rings. The summed E-state index contributed by atoms with van der Waals surface area (Å²) in [6.45, 7) is -0.458. The van der Waals surface area contributed by atoms with Crippen molar-refractivity contribution >= 4 is 17.3 Å².